The van der Waals surface area contributed by atoms with Crippen molar-refractivity contribution in [3.8, 4) is 0 Å². The lowest BCUT2D eigenvalue weighted by atomic mass is 10.3. The van der Waals surface area contributed by atoms with Crippen LogP contribution < -0.4 is 0 Å². The molecule has 0 aliphatic carbocycles. The van der Waals surface area contributed by atoms with Crippen molar-refractivity contribution in [1.29, 1.82) is 0 Å². The molecule has 0 aromatic carbocycles. The zero-order chi connectivity index (χ0) is 9.42. The van der Waals surface area contributed by atoms with E-state index in [1.165, 1.54) is 0 Å². The molecule has 2 heterocycles. The minimum absolute atomic E-state index is 0.615. The van der Waals surface area contributed by atoms with Crippen molar-refractivity contribution >= 4 is 58.8 Å². The average Bonchev–Trinajstić information content (AvgIpc) is 2.12. The highest BCUT2D eigenvalue weighted by Gasteiger charge is 2.09. The van der Waals surface area contributed by atoms with Gasteiger partial charge in [0.2, 0.25) is 0 Å². The van der Waals surface area contributed by atoms with Gasteiger partial charge in [-0.05, 0) is 53.9 Å². The van der Waals surface area contributed by atoms with Crippen LogP contribution in [-0.4, -0.2) is 15.2 Å². The first-order valence-corrected chi connectivity index (χ1v) is 5.70. The number of hydrogen-bond donors (Lipinski definition) is 0. The number of halogens is 3. The van der Waals surface area contributed by atoms with Crippen molar-refractivity contribution in [3.05, 3.63) is 25.8 Å². The Morgan fingerprint density at radius 3 is 2.62 bits per heavy atom. The third kappa shape index (κ3) is 1.62. The molecule has 66 valence electrons. The van der Waals surface area contributed by atoms with Gasteiger partial charge in [-0.25, -0.2) is 4.98 Å². The van der Waals surface area contributed by atoms with Gasteiger partial charge in [-0.3, -0.25) is 0 Å². The average molecular weight is 368 g/mol. The van der Waals surface area contributed by atoms with Gasteiger partial charge >= 0.3 is 0 Å². The predicted molar refractivity (Wildman–Crippen MR) is 60.4 cm³/mol. The summed E-state index contributed by atoms with van der Waals surface area (Å²) in [4.78, 5) is 4.09. The monoisotopic (exact) mass is 365 g/mol. The molecule has 0 amide bonds. The number of nitrogens with zero attached hydrogens (tertiary/aromatic N) is 3. The molecule has 0 fully saturated rings. The molecule has 0 bridgehead atoms. The van der Waals surface area contributed by atoms with Crippen molar-refractivity contribution in [2.75, 3.05) is 0 Å². The molecule has 0 saturated carbocycles. The highest BCUT2D eigenvalue weighted by atomic mass is 79.9. The van der Waals surface area contributed by atoms with Gasteiger partial charge in [0.1, 0.15) is 4.60 Å². The molecular formula is C7H2Br3N3. The highest BCUT2D eigenvalue weighted by Crippen LogP contribution is 2.31. The van der Waals surface area contributed by atoms with Crippen molar-refractivity contribution in [1.82, 2.24) is 15.2 Å². The summed E-state index contributed by atoms with van der Waals surface area (Å²) in [5.41, 5.74) is 0.615. The normalized spacial score (nSPS) is 10.7. The van der Waals surface area contributed by atoms with E-state index in [0.29, 0.717) is 10.3 Å². The maximum atomic E-state index is 4.09. The Bertz CT molecular complexity index is 472. The summed E-state index contributed by atoms with van der Waals surface area (Å²) in [6.07, 6.45) is 1.68. The van der Waals surface area contributed by atoms with Crippen LogP contribution >= 0.6 is 47.8 Å². The highest BCUT2D eigenvalue weighted by molar-refractivity contribution is 9.13. The van der Waals surface area contributed by atoms with Crippen LogP contribution in [0.3, 0.4) is 0 Å². The zero-order valence-electron chi connectivity index (χ0n) is 6.13. The number of pyridine rings is 1. The Labute approximate surface area is 99.3 Å². The molecular weight excluding hydrogens is 366 g/mol. The van der Waals surface area contributed by atoms with E-state index in [4.69, 9.17) is 0 Å². The minimum Gasteiger partial charge on any atom is -0.235 e. The van der Waals surface area contributed by atoms with Crippen LogP contribution in [0.4, 0.5) is 0 Å². The van der Waals surface area contributed by atoms with Crippen molar-refractivity contribution in [2.45, 2.75) is 0 Å². The van der Waals surface area contributed by atoms with E-state index in [1.54, 1.807) is 6.20 Å². The lowest BCUT2D eigenvalue weighted by molar-refractivity contribution is 1.02. The molecule has 0 saturated heterocycles. The van der Waals surface area contributed by atoms with E-state index in [9.17, 15) is 0 Å². The maximum Gasteiger partial charge on any atom is 0.184 e. The molecule has 13 heavy (non-hydrogen) atoms. The molecule has 0 radical (unpaired) electrons. The smallest absolute Gasteiger partial charge is 0.184 e. The van der Waals surface area contributed by atoms with Crippen molar-refractivity contribution < 1.29 is 0 Å². The first-order valence-electron chi connectivity index (χ1n) is 3.32. The molecule has 0 spiro atoms. The fourth-order valence-corrected chi connectivity index (χ4v) is 2.45. The Morgan fingerprint density at radius 2 is 1.85 bits per heavy atom. The second-order valence-electron chi connectivity index (χ2n) is 2.30. The Morgan fingerprint density at radius 1 is 1.08 bits per heavy atom. The van der Waals surface area contributed by atoms with E-state index >= 15 is 0 Å². The van der Waals surface area contributed by atoms with Crippen LogP contribution in [0.15, 0.2) is 25.8 Å². The standard InChI is InChI=1S/C7H2Br3N3/c8-3-1-2-11-7-4(3)5(9)6(10)12-13-7/h1-2H. The van der Waals surface area contributed by atoms with Gasteiger partial charge in [0, 0.05) is 10.7 Å². The molecule has 0 aliphatic rings. The first kappa shape index (κ1) is 9.48. The molecule has 0 unspecified atom stereocenters. The summed E-state index contributed by atoms with van der Waals surface area (Å²) in [7, 11) is 0. The number of fused-ring (bicyclic) bond motifs is 1. The van der Waals surface area contributed by atoms with Crippen molar-refractivity contribution in [3.63, 3.8) is 0 Å². The molecule has 6 heteroatoms. The van der Waals surface area contributed by atoms with Gasteiger partial charge in [0.05, 0.1) is 9.86 Å². The van der Waals surface area contributed by atoms with E-state index in [2.05, 4.69) is 63.0 Å². The van der Waals surface area contributed by atoms with Gasteiger partial charge < -0.3 is 0 Å². The summed E-state index contributed by atoms with van der Waals surface area (Å²) >= 11 is 10.1. The molecule has 0 aliphatic heterocycles. The van der Waals surface area contributed by atoms with E-state index in [1.807, 2.05) is 6.07 Å². The number of hydrogen-bond acceptors (Lipinski definition) is 3. The summed E-state index contributed by atoms with van der Waals surface area (Å²) < 4.78 is 2.48. The van der Waals surface area contributed by atoms with Crippen LogP contribution in [-0.2, 0) is 0 Å². The second-order valence-corrected chi connectivity index (χ2v) is 4.69. The van der Waals surface area contributed by atoms with E-state index in [-0.39, 0.29) is 0 Å². The van der Waals surface area contributed by atoms with Gasteiger partial charge in [-0.1, -0.05) is 0 Å². The number of aromatic nitrogens is 3. The molecule has 2 aromatic heterocycles. The molecule has 3 nitrogen and oxygen atoms in total. The summed E-state index contributed by atoms with van der Waals surface area (Å²) in [5.74, 6) is 0. The maximum absolute atomic E-state index is 4.09. The number of rotatable bonds is 0. The van der Waals surface area contributed by atoms with E-state index < -0.39 is 0 Å². The Kier molecular flexibility index (Phi) is 2.62. The van der Waals surface area contributed by atoms with Gasteiger partial charge in [-0.2, -0.15) is 0 Å². The fourth-order valence-electron chi connectivity index (χ4n) is 0.945. The van der Waals surface area contributed by atoms with Crippen LogP contribution in [0.5, 0.6) is 0 Å². The van der Waals surface area contributed by atoms with Crippen LogP contribution in [0.2, 0.25) is 0 Å². The second kappa shape index (κ2) is 3.59. The quantitative estimate of drug-likeness (QED) is 0.717. The molecule has 0 atom stereocenters. The van der Waals surface area contributed by atoms with Crippen molar-refractivity contribution in [2.24, 2.45) is 0 Å². The molecule has 2 rings (SSSR count). The third-order valence-electron chi connectivity index (χ3n) is 1.51. The summed E-state index contributed by atoms with van der Waals surface area (Å²) in [6.45, 7) is 0. The third-order valence-corrected chi connectivity index (χ3v) is 4.03. The molecule has 2 aromatic rings. The predicted octanol–water partition coefficient (Wildman–Crippen LogP) is 3.31. The summed E-state index contributed by atoms with van der Waals surface area (Å²) in [6, 6.07) is 1.86. The molecule has 0 N–H and O–H groups in total. The lowest BCUT2D eigenvalue weighted by Gasteiger charge is -2.01. The first-order chi connectivity index (χ1) is 6.20. The van der Waals surface area contributed by atoms with Gasteiger partial charge in [-0.15, -0.1) is 10.2 Å². The lowest BCUT2D eigenvalue weighted by Crippen LogP contribution is -1.90. The Balaban J connectivity index is 2.97. The van der Waals surface area contributed by atoms with Crippen LogP contribution in [0, 0.1) is 0 Å². The Hall–Kier alpha value is -0.0700. The fraction of sp³-hybridized carbons (Fsp3) is 0. The van der Waals surface area contributed by atoms with Crippen LogP contribution in [0.1, 0.15) is 0 Å². The SMILES string of the molecule is Brc1nnc2nccc(Br)c2c1Br. The summed E-state index contributed by atoms with van der Waals surface area (Å²) in [5, 5.41) is 8.74. The largest absolute Gasteiger partial charge is 0.235 e. The topological polar surface area (TPSA) is 38.7 Å². The van der Waals surface area contributed by atoms with Gasteiger partial charge in [0.15, 0.2) is 5.65 Å². The van der Waals surface area contributed by atoms with Gasteiger partial charge in [0.25, 0.3) is 0 Å². The van der Waals surface area contributed by atoms with E-state index in [0.717, 1.165) is 14.3 Å². The zero-order valence-corrected chi connectivity index (χ0v) is 10.9. The minimum atomic E-state index is 0.615. The van der Waals surface area contributed by atoms with Crippen LogP contribution in [0.25, 0.3) is 11.0 Å².